The molecule has 0 saturated heterocycles. The summed E-state index contributed by atoms with van der Waals surface area (Å²) in [6, 6.07) is 3.34. The number of anilines is 2. The standard InChI is InChI=1S/C13H16ClN5OS2/c1-3-6-15-12-18-19-13(22-12)21-8(2)11(20)17-10-5-4-9(14)7-16-10/h4-5,7-8H,3,6H2,1-2H3,(H,15,18)(H,16,17,20)/t8-/m0/s1. The smallest absolute Gasteiger partial charge is 0.238 e. The molecule has 118 valence electrons. The number of thioether (sulfide) groups is 1. The van der Waals surface area contributed by atoms with Gasteiger partial charge in [0, 0.05) is 12.7 Å². The van der Waals surface area contributed by atoms with Crippen LogP contribution in [0.25, 0.3) is 0 Å². The fraction of sp³-hybridized carbons (Fsp3) is 0.385. The van der Waals surface area contributed by atoms with Crippen LogP contribution in [0.4, 0.5) is 10.9 Å². The van der Waals surface area contributed by atoms with E-state index in [1.807, 2.05) is 6.92 Å². The molecule has 9 heteroatoms. The molecule has 0 bridgehead atoms. The molecular weight excluding hydrogens is 342 g/mol. The van der Waals surface area contributed by atoms with Crippen molar-refractivity contribution in [1.82, 2.24) is 15.2 Å². The van der Waals surface area contributed by atoms with E-state index in [0.29, 0.717) is 10.8 Å². The summed E-state index contributed by atoms with van der Waals surface area (Å²) in [7, 11) is 0. The van der Waals surface area contributed by atoms with E-state index in [0.717, 1.165) is 22.4 Å². The van der Waals surface area contributed by atoms with Gasteiger partial charge in [-0.1, -0.05) is 41.6 Å². The maximum absolute atomic E-state index is 12.1. The quantitative estimate of drug-likeness (QED) is 0.738. The van der Waals surface area contributed by atoms with E-state index in [9.17, 15) is 4.79 Å². The maximum atomic E-state index is 12.1. The number of hydrogen-bond acceptors (Lipinski definition) is 7. The minimum atomic E-state index is -0.301. The average Bonchev–Trinajstić information content (AvgIpc) is 2.95. The Morgan fingerprint density at radius 2 is 2.27 bits per heavy atom. The normalized spacial score (nSPS) is 12.0. The summed E-state index contributed by atoms with van der Waals surface area (Å²) in [6.07, 6.45) is 2.51. The number of amides is 1. The summed E-state index contributed by atoms with van der Waals surface area (Å²) < 4.78 is 0.755. The number of aromatic nitrogens is 3. The van der Waals surface area contributed by atoms with Gasteiger partial charge in [-0.3, -0.25) is 4.79 Å². The van der Waals surface area contributed by atoms with Gasteiger partial charge >= 0.3 is 0 Å². The monoisotopic (exact) mass is 357 g/mol. The molecule has 0 aromatic carbocycles. The summed E-state index contributed by atoms with van der Waals surface area (Å²) in [5.41, 5.74) is 0. The van der Waals surface area contributed by atoms with E-state index >= 15 is 0 Å². The van der Waals surface area contributed by atoms with Gasteiger partial charge in [0.15, 0.2) is 4.34 Å². The Labute approximate surface area is 142 Å². The molecule has 0 spiro atoms. The summed E-state index contributed by atoms with van der Waals surface area (Å²) in [5, 5.41) is 15.0. The largest absolute Gasteiger partial charge is 0.360 e. The highest BCUT2D eigenvalue weighted by Gasteiger charge is 2.17. The average molecular weight is 358 g/mol. The summed E-state index contributed by atoms with van der Waals surface area (Å²) in [5.74, 6) is 0.336. The van der Waals surface area contributed by atoms with Crippen LogP contribution in [0.3, 0.4) is 0 Å². The number of rotatable bonds is 7. The molecule has 2 N–H and O–H groups in total. The van der Waals surface area contributed by atoms with Crippen molar-refractivity contribution in [3.8, 4) is 0 Å². The fourth-order valence-corrected chi connectivity index (χ4v) is 3.48. The zero-order valence-corrected chi connectivity index (χ0v) is 14.6. The van der Waals surface area contributed by atoms with Crippen LogP contribution in [0, 0.1) is 0 Å². The molecule has 1 atom stereocenters. The third kappa shape index (κ3) is 5.11. The Bertz CT molecular complexity index is 619. The Kier molecular flexibility index (Phi) is 6.41. The van der Waals surface area contributed by atoms with E-state index in [4.69, 9.17) is 11.6 Å². The minimum absolute atomic E-state index is 0.141. The molecule has 2 aromatic rings. The highest BCUT2D eigenvalue weighted by atomic mass is 35.5. The first-order valence-corrected chi connectivity index (χ1v) is 8.82. The number of carbonyl (C=O) groups excluding carboxylic acids is 1. The molecule has 2 rings (SSSR count). The van der Waals surface area contributed by atoms with Gasteiger partial charge in [-0.25, -0.2) is 4.98 Å². The summed E-state index contributed by atoms with van der Waals surface area (Å²) >= 11 is 8.57. The predicted molar refractivity (Wildman–Crippen MR) is 91.9 cm³/mol. The van der Waals surface area contributed by atoms with Crippen LogP contribution in [-0.4, -0.2) is 32.9 Å². The van der Waals surface area contributed by atoms with E-state index in [1.54, 1.807) is 12.1 Å². The second-order valence-electron chi connectivity index (χ2n) is 4.41. The molecule has 0 aliphatic rings. The molecular formula is C13H16ClN5OS2. The molecule has 0 unspecified atom stereocenters. The summed E-state index contributed by atoms with van der Waals surface area (Å²) in [4.78, 5) is 16.2. The topological polar surface area (TPSA) is 79.8 Å². The van der Waals surface area contributed by atoms with Gasteiger partial charge in [-0.2, -0.15) is 0 Å². The number of pyridine rings is 1. The second-order valence-corrected chi connectivity index (χ2v) is 7.41. The zero-order valence-electron chi connectivity index (χ0n) is 12.2. The highest BCUT2D eigenvalue weighted by molar-refractivity contribution is 8.02. The van der Waals surface area contributed by atoms with Gasteiger partial charge in [0.1, 0.15) is 5.82 Å². The Morgan fingerprint density at radius 1 is 1.45 bits per heavy atom. The first kappa shape index (κ1) is 17.0. The van der Waals surface area contributed by atoms with E-state index in [-0.39, 0.29) is 11.2 Å². The molecule has 0 aliphatic heterocycles. The van der Waals surface area contributed by atoms with Gasteiger partial charge in [-0.15, -0.1) is 10.2 Å². The fourth-order valence-electron chi connectivity index (χ4n) is 1.44. The van der Waals surface area contributed by atoms with Crippen molar-refractivity contribution in [2.24, 2.45) is 0 Å². The second kappa shape index (κ2) is 8.30. The van der Waals surface area contributed by atoms with E-state index in [2.05, 4.69) is 32.7 Å². The third-order valence-corrected chi connectivity index (χ3v) is 4.85. The molecule has 6 nitrogen and oxygen atoms in total. The zero-order chi connectivity index (χ0) is 15.9. The van der Waals surface area contributed by atoms with Crippen molar-refractivity contribution >= 4 is 51.6 Å². The molecule has 0 radical (unpaired) electrons. The predicted octanol–water partition coefficient (Wildman–Crippen LogP) is 3.53. The van der Waals surface area contributed by atoms with Crippen LogP contribution in [0.5, 0.6) is 0 Å². The first-order valence-electron chi connectivity index (χ1n) is 6.75. The van der Waals surface area contributed by atoms with Crippen molar-refractivity contribution in [2.75, 3.05) is 17.2 Å². The minimum Gasteiger partial charge on any atom is -0.360 e. The molecule has 2 aromatic heterocycles. The van der Waals surface area contributed by atoms with Crippen molar-refractivity contribution in [1.29, 1.82) is 0 Å². The van der Waals surface area contributed by atoms with Crippen molar-refractivity contribution in [2.45, 2.75) is 29.9 Å². The highest BCUT2D eigenvalue weighted by Crippen LogP contribution is 2.29. The summed E-state index contributed by atoms with van der Waals surface area (Å²) in [6.45, 7) is 4.76. The van der Waals surface area contributed by atoms with Gasteiger partial charge in [0.05, 0.1) is 10.3 Å². The van der Waals surface area contributed by atoms with Crippen LogP contribution in [0.15, 0.2) is 22.7 Å². The lowest BCUT2D eigenvalue weighted by Crippen LogP contribution is -2.22. The van der Waals surface area contributed by atoms with Crippen molar-refractivity contribution < 1.29 is 4.79 Å². The number of halogens is 1. The number of nitrogens with zero attached hydrogens (tertiary/aromatic N) is 3. The van der Waals surface area contributed by atoms with Crippen LogP contribution in [-0.2, 0) is 4.79 Å². The number of nitrogens with one attached hydrogen (secondary N) is 2. The van der Waals surface area contributed by atoms with Crippen LogP contribution in [0.2, 0.25) is 5.02 Å². The Balaban J connectivity index is 1.87. The number of carbonyl (C=O) groups is 1. The van der Waals surface area contributed by atoms with Crippen molar-refractivity contribution in [3.63, 3.8) is 0 Å². The first-order chi connectivity index (χ1) is 10.6. The van der Waals surface area contributed by atoms with Crippen LogP contribution in [0.1, 0.15) is 20.3 Å². The SMILES string of the molecule is CCCNc1nnc(S[C@@H](C)C(=O)Nc2ccc(Cl)cn2)s1. The van der Waals surface area contributed by atoms with Crippen molar-refractivity contribution in [3.05, 3.63) is 23.4 Å². The molecule has 0 fully saturated rings. The van der Waals surface area contributed by atoms with Crippen LogP contribution >= 0.6 is 34.7 Å². The van der Waals surface area contributed by atoms with Gasteiger partial charge in [0.2, 0.25) is 11.0 Å². The Morgan fingerprint density at radius 3 is 2.95 bits per heavy atom. The van der Waals surface area contributed by atoms with Gasteiger partial charge in [-0.05, 0) is 25.5 Å². The lowest BCUT2D eigenvalue weighted by molar-refractivity contribution is -0.115. The molecule has 0 aliphatic carbocycles. The lowest BCUT2D eigenvalue weighted by atomic mass is 10.4. The van der Waals surface area contributed by atoms with E-state index < -0.39 is 0 Å². The molecule has 2 heterocycles. The van der Waals surface area contributed by atoms with E-state index in [1.165, 1.54) is 29.3 Å². The molecule has 1 amide bonds. The third-order valence-electron chi connectivity index (χ3n) is 2.56. The molecule has 0 saturated carbocycles. The molecule has 22 heavy (non-hydrogen) atoms. The van der Waals surface area contributed by atoms with Gasteiger partial charge < -0.3 is 10.6 Å². The van der Waals surface area contributed by atoms with Gasteiger partial charge in [0.25, 0.3) is 0 Å². The number of hydrogen-bond donors (Lipinski definition) is 2. The Hall–Kier alpha value is -1.38. The lowest BCUT2D eigenvalue weighted by Gasteiger charge is -2.09. The van der Waals surface area contributed by atoms with Crippen LogP contribution < -0.4 is 10.6 Å². The maximum Gasteiger partial charge on any atom is 0.238 e.